The molecule has 2 atom stereocenters. The van der Waals surface area contributed by atoms with Gasteiger partial charge in [-0.25, -0.2) is 0 Å². The molecule has 3 rings (SSSR count). The molecule has 2 N–H and O–H groups in total. The van der Waals surface area contributed by atoms with E-state index in [1.807, 2.05) is 6.92 Å². The molecule has 1 aromatic heterocycles. The molecule has 1 aliphatic heterocycles. The second-order valence-corrected chi connectivity index (χ2v) is 8.86. The number of benzene rings is 1. The van der Waals surface area contributed by atoms with Crippen LogP contribution in [0.25, 0.3) is 0 Å². The van der Waals surface area contributed by atoms with Gasteiger partial charge in [0.05, 0.1) is 11.7 Å². The number of amides is 1. The van der Waals surface area contributed by atoms with Gasteiger partial charge in [-0.2, -0.15) is 22.5 Å². The van der Waals surface area contributed by atoms with Gasteiger partial charge in [-0.15, -0.1) is 0 Å². The normalized spacial score (nSPS) is 22.6. The second-order valence-electron chi connectivity index (χ2n) is 6.69. The van der Waals surface area contributed by atoms with E-state index in [0.717, 1.165) is 21.1 Å². The van der Waals surface area contributed by atoms with E-state index in [1.54, 1.807) is 43.0 Å². The lowest BCUT2D eigenvalue weighted by atomic mass is 10.00. The summed E-state index contributed by atoms with van der Waals surface area (Å²) in [5, 5.41) is 7.60. The summed E-state index contributed by atoms with van der Waals surface area (Å²) < 4.78 is 30.4. The van der Waals surface area contributed by atoms with Crippen LogP contribution in [0.1, 0.15) is 29.3 Å². The van der Waals surface area contributed by atoms with Crippen LogP contribution >= 0.6 is 11.6 Å². The fraction of sp³-hybridized carbons (Fsp3) is 0.412. The van der Waals surface area contributed by atoms with Crippen LogP contribution in [0.3, 0.4) is 0 Å². The van der Waals surface area contributed by atoms with Gasteiger partial charge in [-0.05, 0) is 38.0 Å². The Kier molecular flexibility index (Phi) is 5.31. The molecule has 0 unspecified atom stereocenters. The van der Waals surface area contributed by atoms with Crippen molar-refractivity contribution in [1.82, 2.24) is 18.8 Å². The number of likely N-dealkylation sites (N-methyl/N-ethyl adjacent to an activating group) is 1. The molecule has 1 aromatic carbocycles. The first kappa shape index (κ1) is 19.8. The number of aryl methyl sites for hydroxylation is 2. The average molecular weight is 412 g/mol. The number of hydrogen-bond donors (Lipinski definition) is 2. The highest BCUT2D eigenvalue weighted by molar-refractivity contribution is 7.87. The molecular formula is C17H22ClN5O3S. The van der Waals surface area contributed by atoms with Crippen molar-refractivity contribution in [3.8, 4) is 0 Å². The molecule has 1 amide bonds. The summed E-state index contributed by atoms with van der Waals surface area (Å²) in [6.07, 6.45) is 2.05. The molecule has 0 aliphatic carbocycles. The van der Waals surface area contributed by atoms with Gasteiger partial charge >= 0.3 is 0 Å². The third-order valence-corrected chi connectivity index (χ3v) is 6.83. The zero-order chi connectivity index (χ0) is 19.9. The van der Waals surface area contributed by atoms with E-state index >= 15 is 0 Å². The van der Waals surface area contributed by atoms with Gasteiger partial charge in [-0.1, -0.05) is 17.7 Å². The van der Waals surface area contributed by atoms with E-state index in [1.165, 1.54) is 7.05 Å². The molecule has 146 valence electrons. The minimum Gasteiger partial charge on any atom is -0.324 e. The molecule has 1 aliphatic rings. The highest BCUT2D eigenvalue weighted by atomic mass is 35.5. The first-order valence-corrected chi connectivity index (χ1v) is 10.2. The van der Waals surface area contributed by atoms with E-state index in [9.17, 15) is 13.2 Å². The SMILES string of the molecule is Cc1nn(C)cc1[C@H]1C[C@H](C(=O)Nc2cccc(Cl)c2C)N(C)S(=O)(=O)N1. The summed E-state index contributed by atoms with van der Waals surface area (Å²) in [5.41, 5.74) is 2.77. The van der Waals surface area contributed by atoms with Gasteiger partial charge in [0, 0.05) is 36.6 Å². The lowest BCUT2D eigenvalue weighted by Gasteiger charge is -2.36. The van der Waals surface area contributed by atoms with Crippen molar-refractivity contribution in [2.24, 2.45) is 7.05 Å². The van der Waals surface area contributed by atoms with Crippen molar-refractivity contribution in [1.29, 1.82) is 0 Å². The Balaban J connectivity index is 1.89. The van der Waals surface area contributed by atoms with Crippen LogP contribution in [0.2, 0.25) is 5.02 Å². The topological polar surface area (TPSA) is 96.3 Å². The first-order chi connectivity index (χ1) is 12.6. The van der Waals surface area contributed by atoms with Crippen LogP contribution in [-0.2, 0) is 22.1 Å². The number of aromatic nitrogens is 2. The van der Waals surface area contributed by atoms with Crippen LogP contribution in [0.5, 0.6) is 0 Å². The number of halogens is 1. The van der Waals surface area contributed by atoms with E-state index < -0.39 is 28.2 Å². The Morgan fingerprint density at radius 1 is 1.33 bits per heavy atom. The summed E-state index contributed by atoms with van der Waals surface area (Å²) >= 11 is 6.10. The zero-order valence-electron chi connectivity index (χ0n) is 15.5. The van der Waals surface area contributed by atoms with Gasteiger partial charge in [0.2, 0.25) is 5.91 Å². The number of nitrogens with one attached hydrogen (secondary N) is 2. The van der Waals surface area contributed by atoms with E-state index in [-0.39, 0.29) is 6.42 Å². The monoisotopic (exact) mass is 411 g/mol. The Morgan fingerprint density at radius 2 is 2.04 bits per heavy atom. The molecule has 2 aromatic rings. The summed E-state index contributed by atoms with van der Waals surface area (Å²) in [6, 6.07) is 3.80. The minimum atomic E-state index is -3.81. The third kappa shape index (κ3) is 3.86. The van der Waals surface area contributed by atoms with Crippen LogP contribution in [0.4, 0.5) is 5.69 Å². The summed E-state index contributed by atoms with van der Waals surface area (Å²) in [7, 11) is -0.649. The summed E-state index contributed by atoms with van der Waals surface area (Å²) in [6.45, 7) is 3.61. The molecule has 0 spiro atoms. The Bertz CT molecular complexity index is 988. The summed E-state index contributed by atoms with van der Waals surface area (Å²) in [5.74, 6) is -0.403. The highest BCUT2D eigenvalue weighted by Gasteiger charge is 2.41. The third-order valence-electron chi connectivity index (χ3n) is 4.82. The van der Waals surface area contributed by atoms with Crippen molar-refractivity contribution < 1.29 is 13.2 Å². The van der Waals surface area contributed by atoms with E-state index in [2.05, 4.69) is 15.1 Å². The standard InChI is InChI=1S/C17H22ClN5O3S/c1-10-13(18)6-5-7-14(10)19-17(24)16-8-15(21-27(25,26)23(16)4)12-9-22(3)20-11(12)2/h5-7,9,15-16,21H,8H2,1-4H3,(H,19,24)/t15-,16-/m1/s1. The smallest absolute Gasteiger partial charge is 0.280 e. The van der Waals surface area contributed by atoms with Crippen molar-refractivity contribution in [3.05, 3.63) is 46.2 Å². The predicted molar refractivity (Wildman–Crippen MR) is 104 cm³/mol. The van der Waals surface area contributed by atoms with Crippen LogP contribution in [-0.4, -0.2) is 41.5 Å². The first-order valence-electron chi connectivity index (χ1n) is 8.41. The number of hydrogen-bond acceptors (Lipinski definition) is 4. The van der Waals surface area contributed by atoms with Gasteiger partial charge in [-0.3, -0.25) is 9.48 Å². The van der Waals surface area contributed by atoms with Gasteiger partial charge in [0.1, 0.15) is 6.04 Å². The summed E-state index contributed by atoms with van der Waals surface area (Å²) in [4.78, 5) is 12.9. The van der Waals surface area contributed by atoms with Crippen LogP contribution in [0.15, 0.2) is 24.4 Å². The van der Waals surface area contributed by atoms with Crippen molar-refractivity contribution in [3.63, 3.8) is 0 Å². The quantitative estimate of drug-likeness (QED) is 0.806. The Labute approximate surface area is 163 Å². The molecule has 1 saturated heterocycles. The van der Waals surface area contributed by atoms with Gasteiger partial charge in [0.15, 0.2) is 0 Å². The average Bonchev–Trinajstić information content (AvgIpc) is 2.92. The number of anilines is 1. The maximum atomic E-state index is 12.9. The van der Waals surface area contributed by atoms with Crippen LogP contribution in [0, 0.1) is 13.8 Å². The molecule has 0 bridgehead atoms. The molecule has 27 heavy (non-hydrogen) atoms. The molecule has 0 saturated carbocycles. The zero-order valence-corrected chi connectivity index (χ0v) is 17.1. The maximum Gasteiger partial charge on any atom is 0.280 e. The molecule has 1 fully saturated rings. The lowest BCUT2D eigenvalue weighted by Crippen LogP contribution is -2.56. The molecular weight excluding hydrogens is 390 g/mol. The van der Waals surface area contributed by atoms with E-state index in [4.69, 9.17) is 11.6 Å². The number of rotatable bonds is 3. The van der Waals surface area contributed by atoms with Gasteiger partial charge in [0.25, 0.3) is 10.2 Å². The Hall–Kier alpha value is -1.94. The number of nitrogens with zero attached hydrogens (tertiary/aromatic N) is 3. The van der Waals surface area contributed by atoms with Crippen molar-refractivity contribution in [2.45, 2.75) is 32.4 Å². The number of carbonyl (C=O) groups is 1. The molecule has 10 heteroatoms. The van der Waals surface area contributed by atoms with E-state index in [0.29, 0.717) is 10.7 Å². The lowest BCUT2D eigenvalue weighted by molar-refractivity contribution is -0.120. The largest absolute Gasteiger partial charge is 0.324 e. The van der Waals surface area contributed by atoms with Crippen molar-refractivity contribution in [2.75, 3.05) is 12.4 Å². The van der Waals surface area contributed by atoms with Crippen molar-refractivity contribution >= 4 is 33.4 Å². The number of carbonyl (C=O) groups excluding carboxylic acids is 1. The van der Waals surface area contributed by atoms with Gasteiger partial charge < -0.3 is 5.32 Å². The van der Waals surface area contributed by atoms with Crippen LogP contribution < -0.4 is 10.0 Å². The minimum absolute atomic E-state index is 0.285. The molecule has 8 nitrogen and oxygen atoms in total. The second kappa shape index (κ2) is 7.23. The Morgan fingerprint density at radius 3 is 2.67 bits per heavy atom. The fourth-order valence-electron chi connectivity index (χ4n) is 3.23. The fourth-order valence-corrected chi connectivity index (χ4v) is 4.67. The predicted octanol–water partition coefficient (Wildman–Crippen LogP) is 1.91. The maximum absolute atomic E-state index is 12.9. The molecule has 0 radical (unpaired) electrons. The molecule has 2 heterocycles. The highest BCUT2D eigenvalue weighted by Crippen LogP contribution is 2.30.